The van der Waals surface area contributed by atoms with Gasteiger partial charge in [0.1, 0.15) is 5.60 Å². The van der Waals surface area contributed by atoms with E-state index in [1.54, 1.807) is 34.6 Å². The van der Waals surface area contributed by atoms with Gasteiger partial charge in [0.2, 0.25) is 0 Å². The first kappa shape index (κ1) is 16.9. The zero-order valence-corrected chi connectivity index (χ0v) is 12.1. The van der Waals surface area contributed by atoms with Crippen LogP contribution in [0.5, 0.6) is 0 Å². The third-order valence-corrected chi connectivity index (χ3v) is 1.96. The van der Waals surface area contributed by atoms with Crippen molar-refractivity contribution in [2.45, 2.75) is 59.5 Å². The summed E-state index contributed by atoms with van der Waals surface area (Å²) in [7, 11) is 0. The molecule has 0 amide bonds. The largest absolute Gasteiger partial charge is 0.457 e. The Morgan fingerprint density at radius 2 is 1.89 bits per heavy atom. The Hall–Kier alpha value is -1.07. The van der Waals surface area contributed by atoms with Crippen molar-refractivity contribution in [1.29, 1.82) is 0 Å². The SMILES string of the molecule is CCOC(C)OC(C)/C(N)=C\C(=O)OC(C)(C)C. The third-order valence-electron chi connectivity index (χ3n) is 1.96. The molecule has 5 heteroatoms. The van der Waals surface area contributed by atoms with Crippen LogP contribution in [0.3, 0.4) is 0 Å². The van der Waals surface area contributed by atoms with Gasteiger partial charge in [0.15, 0.2) is 6.29 Å². The predicted molar refractivity (Wildman–Crippen MR) is 69.8 cm³/mol. The highest BCUT2D eigenvalue weighted by atomic mass is 16.7. The van der Waals surface area contributed by atoms with E-state index in [-0.39, 0.29) is 6.29 Å². The summed E-state index contributed by atoms with van der Waals surface area (Å²) >= 11 is 0. The molecule has 2 unspecified atom stereocenters. The van der Waals surface area contributed by atoms with E-state index in [1.807, 2.05) is 6.92 Å². The molecule has 0 aromatic heterocycles. The molecule has 0 heterocycles. The Morgan fingerprint density at radius 1 is 1.33 bits per heavy atom. The number of hydrogen-bond donors (Lipinski definition) is 1. The van der Waals surface area contributed by atoms with Crippen LogP contribution in [0.15, 0.2) is 11.8 Å². The quantitative estimate of drug-likeness (QED) is 0.448. The van der Waals surface area contributed by atoms with Gasteiger partial charge in [0, 0.05) is 18.4 Å². The van der Waals surface area contributed by atoms with Crippen LogP contribution < -0.4 is 5.73 Å². The Labute approximate surface area is 109 Å². The van der Waals surface area contributed by atoms with Crippen molar-refractivity contribution in [2.75, 3.05) is 6.61 Å². The van der Waals surface area contributed by atoms with Gasteiger partial charge < -0.3 is 19.9 Å². The fourth-order valence-corrected chi connectivity index (χ4v) is 1.22. The van der Waals surface area contributed by atoms with Crippen LogP contribution in [0.25, 0.3) is 0 Å². The molecule has 0 bridgehead atoms. The van der Waals surface area contributed by atoms with Crippen LogP contribution in [0.1, 0.15) is 41.5 Å². The number of hydrogen-bond acceptors (Lipinski definition) is 5. The molecule has 0 radical (unpaired) electrons. The molecule has 0 aliphatic rings. The molecule has 18 heavy (non-hydrogen) atoms. The van der Waals surface area contributed by atoms with E-state index >= 15 is 0 Å². The van der Waals surface area contributed by atoms with Crippen molar-refractivity contribution in [2.24, 2.45) is 5.73 Å². The van der Waals surface area contributed by atoms with Crippen LogP contribution in [0.4, 0.5) is 0 Å². The Bertz CT molecular complexity index is 294. The van der Waals surface area contributed by atoms with Gasteiger partial charge >= 0.3 is 5.97 Å². The highest BCUT2D eigenvalue weighted by Gasteiger charge is 2.17. The average molecular weight is 259 g/mol. The smallest absolute Gasteiger partial charge is 0.333 e. The summed E-state index contributed by atoms with van der Waals surface area (Å²) in [5.74, 6) is -0.473. The molecule has 0 aromatic rings. The third kappa shape index (κ3) is 8.08. The highest BCUT2D eigenvalue weighted by Crippen LogP contribution is 2.10. The van der Waals surface area contributed by atoms with Gasteiger partial charge in [0.25, 0.3) is 0 Å². The van der Waals surface area contributed by atoms with Gasteiger partial charge in [-0.3, -0.25) is 0 Å². The van der Waals surface area contributed by atoms with Gasteiger partial charge in [-0.1, -0.05) is 0 Å². The van der Waals surface area contributed by atoms with Crippen LogP contribution in [0, 0.1) is 0 Å². The molecule has 0 aliphatic heterocycles. The van der Waals surface area contributed by atoms with E-state index in [0.29, 0.717) is 12.3 Å². The first-order valence-corrected chi connectivity index (χ1v) is 6.12. The zero-order chi connectivity index (χ0) is 14.3. The summed E-state index contributed by atoms with van der Waals surface area (Å²) < 4.78 is 15.8. The summed E-state index contributed by atoms with van der Waals surface area (Å²) in [5.41, 5.74) is 5.55. The molecule has 0 fully saturated rings. The maximum Gasteiger partial charge on any atom is 0.333 e. The number of nitrogens with two attached hydrogens (primary N) is 1. The monoisotopic (exact) mass is 259 g/mol. The maximum atomic E-state index is 11.5. The molecule has 0 saturated carbocycles. The Kier molecular flexibility index (Phi) is 6.94. The normalized spacial score (nSPS) is 16.2. The second kappa shape index (κ2) is 7.38. The van der Waals surface area contributed by atoms with Crippen molar-refractivity contribution >= 4 is 5.97 Å². The topological polar surface area (TPSA) is 70.8 Å². The Morgan fingerprint density at radius 3 is 2.33 bits per heavy atom. The molecule has 2 N–H and O–H groups in total. The van der Waals surface area contributed by atoms with Crippen molar-refractivity contribution in [3.8, 4) is 0 Å². The van der Waals surface area contributed by atoms with Crippen molar-refractivity contribution in [3.05, 3.63) is 11.8 Å². The van der Waals surface area contributed by atoms with Gasteiger partial charge in [-0.05, 0) is 41.5 Å². The maximum absolute atomic E-state index is 11.5. The lowest BCUT2D eigenvalue weighted by atomic mass is 10.2. The lowest BCUT2D eigenvalue weighted by molar-refractivity contribution is -0.150. The Balaban J connectivity index is 4.35. The number of carbonyl (C=O) groups is 1. The molecule has 2 atom stereocenters. The molecule has 106 valence electrons. The lowest BCUT2D eigenvalue weighted by Crippen LogP contribution is -2.27. The minimum Gasteiger partial charge on any atom is -0.457 e. The molecular weight excluding hydrogens is 234 g/mol. The van der Waals surface area contributed by atoms with Crippen LogP contribution in [-0.2, 0) is 19.0 Å². The van der Waals surface area contributed by atoms with E-state index in [9.17, 15) is 4.79 Å². The second-order valence-corrected chi connectivity index (χ2v) is 4.98. The van der Waals surface area contributed by atoms with Crippen LogP contribution in [-0.4, -0.2) is 30.6 Å². The van der Waals surface area contributed by atoms with Crippen LogP contribution in [0.2, 0.25) is 0 Å². The van der Waals surface area contributed by atoms with E-state index in [4.69, 9.17) is 19.9 Å². The number of carbonyl (C=O) groups excluding carboxylic acids is 1. The van der Waals surface area contributed by atoms with Gasteiger partial charge in [0.05, 0.1) is 6.10 Å². The predicted octanol–water partition coefficient (Wildman–Crippen LogP) is 1.96. The molecule has 5 nitrogen and oxygen atoms in total. The number of esters is 1. The molecule has 0 aliphatic carbocycles. The summed E-state index contributed by atoms with van der Waals surface area (Å²) in [6.07, 6.45) is 0.476. The number of ether oxygens (including phenoxy) is 3. The van der Waals surface area contributed by atoms with Crippen molar-refractivity contribution < 1.29 is 19.0 Å². The zero-order valence-electron chi connectivity index (χ0n) is 12.1. The summed E-state index contributed by atoms with van der Waals surface area (Å²) in [6, 6.07) is 0. The standard InChI is InChI=1S/C13H25NO4/c1-7-16-10(3)17-9(2)11(14)8-12(15)18-13(4,5)6/h8-10H,7,14H2,1-6H3/b11-8+. The van der Waals surface area contributed by atoms with Gasteiger partial charge in [-0.25, -0.2) is 4.79 Å². The van der Waals surface area contributed by atoms with E-state index in [2.05, 4.69) is 0 Å². The summed E-state index contributed by atoms with van der Waals surface area (Å²) in [5, 5.41) is 0. The van der Waals surface area contributed by atoms with Crippen molar-refractivity contribution in [1.82, 2.24) is 0 Å². The fraction of sp³-hybridized carbons (Fsp3) is 0.769. The highest BCUT2D eigenvalue weighted by molar-refractivity contribution is 5.83. The van der Waals surface area contributed by atoms with Crippen molar-refractivity contribution in [3.63, 3.8) is 0 Å². The lowest BCUT2D eigenvalue weighted by Gasteiger charge is -2.21. The summed E-state index contributed by atoms with van der Waals surface area (Å²) in [4.78, 5) is 11.5. The molecule has 0 aromatic carbocycles. The van der Waals surface area contributed by atoms with E-state index in [0.717, 1.165) is 0 Å². The second-order valence-electron chi connectivity index (χ2n) is 4.98. The first-order chi connectivity index (χ1) is 8.15. The fourth-order valence-electron chi connectivity index (χ4n) is 1.22. The molecule has 0 rings (SSSR count). The summed E-state index contributed by atoms with van der Waals surface area (Å²) in [6.45, 7) is 11.4. The first-order valence-electron chi connectivity index (χ1n) is 6.12. The van der Waals surface area contributed by atoms with E-state index in [1.165, 1.54) is 6.08 Å². The minimum absolute atomic E-state index is 0.316. The molecular formula is C13H25NO4. The van der Waals surface area contributed by atoms with Gasteiger partial charge in [-0.15, -0.1) is 0 Å². The average Bonchev–Trinajstić information content (AvgIpc) is 2.14. The minimum atomic E-state index is -0.531. The van der Waals surface area contributed by atoms with Gasteiger partial charge in [-0.2, -0.15) is 0 Å². The van der Waals surface area contributed by atoms with E-state index < -0.39 is 17.7 Å². The van der Waals surface area contributed by atoms with Crippen LogP contribution >= 0.6 is 0 Å². The molecule has 0 saturated heterocycles. The number of rotatable bonds is 6. The molecule has 0 spiro atoms.